The first-order chi connectivity index (χ1) is 13.8. The van der Waals surface area contributed by atoms with Crippen molar-refractivity contribution in [3.8, 4) is 11.5 Å². The number of amides is 1. The molecular weight excluding hydrogens is 370 g/mol. The molecule has 3 atom stereocenters. The lowest BCUT2D eigenvalue weighted by molar-refractivity contribution is -0.159. The number of hydrogen-bond donors (Lipinski definition) is 1. The Morgan fingerprint density at radius 3 is 2.17 bits per heavy atom. The number of benzene rings is 2. The van der Waals surface area contributed by atoms with Gasteiger partial charge in [-0.1, -0.05) is 32.0 Å². The van der Waals surface area contributed by atoms with Crippen molar-refractivity contribution in [3.63, 3.8) is 0 Å². The molecule has 0 heterocycles. The zero-order valence-electron chi connectivity index (χ0n) is 17.6. The van der Waals surface area contributed by atoms with E-state index in [-0.39, 0.29) is 5.91 Å². The number of esters is 1. The second kappa shape index (κ2) is 10.5. The Morgan fingerprint density at radius 1 is 0.931 bits per heavy atom. The molecule has 3 unspecified atom stereocenters. The maximum absolute atomic E-state index is 12.5. The van der Waals surface area contributed by atoms with Gasteiger partial charge in [-0.15, -0.1) is 0 Å². The van der Waals surface area contributed by atoms with E-state index in [1.54, 1.807) is 45.2 Å². The van der Waals surface area contributed by atoms with Crippen LogP contribution < -0.4 is 14.8 Å². The molecule has 0 aromatic heterocycles. The Morgan fingerprint density at radius 2 is 1.55 bits per heavy atom. The fourth-order valence-corrected chi connectivity index (χ4v) is 2.72. The Bertz CT molecular complexity index is 818. The molecule has 0 saturated heterocycles. The Kier molecular flexibility index (Phi) is 8.07. The van der Waals surface area contributed by atoms with Crippen molar-refractivity contribution in [2.75, 3.05) is 12.4 Å². The third kappa shape index (κ3) is 6.24. The van der Waals surface area contributed by atoms with E-state index >= 15 is 0 Å². The lowest BCUT2D eigenvalue weighted by atomic mass is 9.97. The number of nitrogens with one attached hydrogen (secondary N) is 1. The maximum Gasteiger partial charge on any atom is 0.347 e. The zero-order chi connectivity index (χ0) is 21.4. The average molecular weight is 399 g/mol. The summed E-state index contributed by atoms with van der Waals surface area (Å²) in [6.07, 6.45) is -0.849. The predicted octanol–water partition coefficient (Wildman–Crippen LogP) is 4.55. The van der Waals surface area contributed by atoms with Gasteiger partial charge < -0.3 is 19.5 Å². The average Bonchev–Trinajstić information content (AvgIpc) is 2.73. The summed E-state index contributed by atoms with van der Waals surface area (Å²) < 4.78 is 16.0. The molecule has 0 saturated carbocycles. The van der Waals surface area contributed by atoms with Gasteiger partial charge in [-0.2, -0.15) is 0 Å². The Balaban J connectivity index is 1.93. The van der Waals surface area contributed by atoms with Crippen LogP contribution in [0, 0.1) is 0 Å². The van der Waals surface area contributed by atoms with Crippen molar-refractivity contribution in [2.24, 2.45) is 0 Å². The van der Waals surface area contributed by atoms with Gasteiger partial charge in [0.15, 0.2) is 12.2 Å². The number of anilines is 1. The van der Waals surface area contributed by atoms with Crippen LogP contribution >= 0.6 is 0 Å². The van der Waals surface area contributed by atoms with Crippen LogP contribution in [0.2, 0.25) is 0 Å². The van der Waals surface area contributed by atoms with E-state index in [1.807, 2.05) is 24.3 Å². The Labute approximate surface area is 172 Å². The van der Waals surface area contributed by atoms with Gasteiger partial charge in [0.1, 0.15) is 11.5 Å². The largest absolute Gasteiger partial charge is 0.497 e. The highest BCUT2D eigenvalue weighted by Gasteiger charge is 2.24. The fourth-order valence-electron chi connectivity index (χ4n) is 2.72. The molecule has 6 heteroatoms. The van der Waals surface area contributed by atoms with E-state index < -0.39 is 18.2 Å². The summed E-state index contributed by atoms with van der Waals surface area (Å²) in [5.74, 6) is 0.511. The number of carbonyl (C=O) groups excluding carboxylic acids is 2. The van der Waals surface area contributed by atoms with Crippen LogP contribution in [0.25, 0.3) is 0 Å². The van der Waals surface area contributed by atoms with Crippen molar-refractivity contribution >= 4 is 17.6 Å². The first-order valence-corrected chi connectivity index (χ1v) is 9.76. The van der Waals surface area contributed by atoms with Crippen LogP contribution in [-0.2, 0) is 14.3 Å². The van der Waals surface area contributed by atoms with Gasteiger partial charge in [0, 0.05) is 5.69 Å². The molecule has 0 spiro atoms. The van der Waals surface area contributed by atoms with Crippen LogP contribution in [-0.4, -0.2) is 31.2 Å². The smallest absolute Gasteiger partial charge is 0.347 e. The molecule has 2 aromatic carbocycles. The van der Waals surface area contributed by atoms with Crippen LogP contribution in [0.15, 0.2) is 48.5 Å². The molecule has 29 heavy (non-hydrogen) atoms. The monoisotopic (exact) mass is 399 g/mol. The topological polar surface area (TPSA) is 73.9 Å². The van der Waals surface area contributed by atoms with Crippen LogP contribution in [0.1, 0.15) is 45.6 Å². The number of para-hydroxylation sites is 1. The molecule has 0 bridgehead atoms. The zero-order valence-corrected chi connectivity index (χ0v) is 17.6. The first kappa shape index (κ1) is 22.3. The summed E-state index contributed by atoms with van der Waals surface area (Å²) in [7, 11) is 1.57. The van der Waals surface area contributed by atoms with Gasteiger partial charge in [-0.3, -0.25) is 4.79 Å². The van der Waals surface area contributed by atoms with Gasteiger partial charge in [0.05, 0.1) is 7.11 Å². The van der Waals surface area contributed by atoms with Gasteiger partial charge in [-0.25, -0.2) is 4.79 Å². The van der Waals surface area contributed by atoms with E-state index in [0.717, 1.165) is 17.7 Å². The summed E-state index contributed by atoms with van der Waals surface area (Å²) in [5.41, 5.74) is 1.79. The molecule has 1 amide bonds. The number of hydrogen-bond acceptors (Lipinski definition) is 5. The van der Waals surface area contributed by atoms with Gasteiger partial charge in [0.2, 0.25) is 0 Å². The van der Waals surface area contributed by atoms with Gasteiger partial charge >= 0.3 is 5.97 Å². The standard InChI is InChI=1S/C23H29NO5/c1-6-15(2)20-9-7-8-10-21(20)24-22(25)16(3)29-23(26)17(4)28-19-13-11-18(27-5)12-14-19/h7-17H,6H2,1-5H3,(H,24,25). The number of rotatable bonds is 9. The normalized spacial score (nSPS) is 13.7. The second-order valence-electron chi connectivity index (χ2n) is 6.90. The second-order valence-corrected chi connectivity index (χ2v) is 6.90. The van der Waals surface area contributed by atoms with Crippen molar-refractivity contribution in [1.29, 1.82) is 0 Å². The first-order valence-electron chi connectivity index (χ1n) is 9.76. The van der Waals surface area contributed by atoms with Crippen LogP contribution in [0.3, 0.4) is 0 Å². The third-order valence-electron chi connectivity index (χ3n) is 4.73. The van der Waals surface area contributed by atoms with Gasteiger partial charge in [-0.05, 0) is 62.1 Å². The molecule has 0 aliphatic rings. The van der Waals surface area contributed by atoms with Crippen LogP contribution in [0.5, 0.6) is 11.5 Å². The summed E-state index contributed by atoms with van der Waals surface area (Å²) in [5, 5.41) is 2.86. The van der Waals surface area contributed by atoms with Crippen LogP contribution in [0.4, 0.5) is 5.69 Å². The number of ether oxygens (including phenoxy) is 3. The number of carbonyl (C=O) groups is 2. The van der Waals surface area contributed by atoms with E-state index in [1.165, 1.54) is 0 Å². The molecule has 2 rings (SSSR count). The molecule has 1 N–H and O–H groups in total. The quantitative estimate of drug-likeness (QED) is 0.627. The third-order valence-corrected chi connectivity index (χ3v) is 4.73. The Hall–Kier alpha value is -3.02. The van der Waals surface area contributed by atoms with Crippen molar-refractivity contribution in [1.82, 2.24) is 0 Å². The van der Waals surface area contributed by atoms with E-state index in [0.29, 0.717) is 17.4 Å². The minimum absolute atomic E-state index is 0.308. The molecule has 2 aromatic rings. The van der Waals surface area contributed by atoms with Crippen molar-refractivity contribution in [2.45, 2.75) is 52.2 Å². The molecule has 0 fully saturated rings. The van der Waals surface area contributed by atoms with E-state index in [9.17, 15) is 9.59 Å². The van der Waals surface area contributed by atoms with Crippen molar-refractivity contribution < 1.29 is 23.8 Å². The molecule has 0 radical (unpaired) electrons. The molecule has 0 aliphatic heterocycles. The molecule has 156 valence electrons. The lowest BCUT2D eigenvalue weighted by Crippen LogP contribution is -2.35. The highest BCUT2D eigenvalue weighted by molar-refractivity contribution is 5.96. The number of methoxy groups -OCH3 is 1. The SMILES string of the molecule is CCC(C)c1ccccc1NC(=O)C(C)OC(=O)C(C)Oc1ccc(OC)cc1. The molecule has 6 nitrogen and oxygen atoms in total. The predicted molar refractivity (Wildman–Crippen MR) is 112 cm³/mol. The summed E-state index contributed by atoms with van der Waals surface area (Å²) >= 11 is 0. The van der Waals surface area contributed by atoms with Gasteiger partial charge in [0.25, 0.3) is 5.91 Å². The lowest BCUT2D eigenvalue weighted by Gasteiger charge is -2.20. The minimum atomic E-state index is -0.950. The summed E-state index contributed by atoms with van der Waals surface area (Å²) in [4.78, 5) is 24.8. The minimum Gasteiger partial charge on any atom is -0.497 e. The van der Waals surface area contributed by atoms with E-state index in [2.05, 4.69) is 19.2 Å². The molecular formula is C23H29NO5. The summed E-state index contributed by atoms with van der Waals surface area (Å²) in [6, 6.07) is 14.5. The van der Waals surface area contributed by atoms with Crippen molar-refractivity contribution in [3.05, 3.63) is 54.1 Å². The highest BCUT2D eigenvalue weighted by atomic mass is 16.6. The summed E-state index contributed by atoms with van der Waals surface area (Å²) in [6.45, 7) is 7.32. The fraction of sp³-hybridized carbons (Fsp3) is 0.391. The molecule has 0 aliphatic carbocycles. The maximum atomic E-state index is 12.5. The highest BCUT2D eigenvalue weighted by Crippen LogP contribution is 2.26. The van der Waals surface area contributed by atoms with E-state index in [4.69, 9.17) is 14.2 Å².